The van der Waals surface area contributed by atoms with E-state index in [1.807, 2.05) is 6.07 Å². The number of carbonyl (C=O) groups excluding carboxylic acids is 2. The average molecular weight is 414 g/mol. The summed E-state index contributed by atoms with van der Waals surface area (Å²) < 4.78 is 49.7. The largest absolute Gasteiger partial charge is 0.471 e. The molecule has 0 aromatic heterocycles. The van der Waals surface area contributed by atoms with Crippen molar-refractivity contribution in [1.29, 1.82) is 0 Å². The van der Waals surface area contributed by atoms with E-state index in [-0.39, 0.29) is 19.2 Å². The van der Waals surface area contributed by atoms with Gasteiger partial charge in [0, 0.05) is 38.2 Å². The number of hydrogen-bond acceptors (Lipinski definition) is 4. The van der Waals surface area contributed by atoms with Gasteiger partial charge in [0.25, 0.3) is 0 Å². The standard InChI is InChI=1S/C20H25F3N2O4/c1-28-14-19(13-25(15-7-8-15)17(26)20(21,22)23)9-11-24(12-10-19)18(27)29-16-5-3-2-4-6-16/h2-6,15H,7-14H2,1H3. The van der Waals surface area contributed by atoms with Gasteiger partial charge in [-0.05, 0) is 37.8 Å². The third kappa shape index (κ3) is 5.41. The lowest BCUT2D eigenvalue weighted by Crippen LogP contribution is -2.53. The number of hydrogen-bond donors (Lipinski definition) is 0. The third-order valence-corrected chi connectivity index (χ3v) is 5.48. The van der Waals surface area contributed by atoms with Crippen LogP contribution in [-0.2, 0) is 9.53 Å². The van der Waals surface area contributed by atoms with E-state index in [0.717, 1.165) is 4.90 Å². The Morgan fingerprint density at radius 1 is 1.17 bits per heavy atom. The SMILES string of the molecule is COCC1(CN(C(=O)C(F)(F)F)C2CC2)CCN(C(=O)Oc2ccccc2)CC1. The molecule has 3 rings (SSSR count). The summed E-state index contributed by atoms with van der Waals surface area (Å²) in [5, 5.41) is 0. The van der Waals surface area contributed by atoms with Crippen LogP contribution in [0, 0.1) is 5.41 Å². The van der Waals surface area contributed by atoms with Gasteiger partial charge in [-0.25, -0.2) is 4.79 Å². The highest BCUT2D eigenvalue weighted by atomic mass is 19.4. The van der Waals surface area contributed by atoms with Crippen LogP contribution in [0.2, 0.25) is 0 Å². The molecule has 0 bridgehead atoms. The lowest BCUT2D eigenvalue weighted by molar-refractivity contribution is -0.188. The van der Waals surface area contributed by atoms with E-state index in [0.29, 0.717) is 44.5 Å². The molecule has 0 radical (unpaired) electrons. The summed E-state index contributed by atoms with van der Waals surface area (Å²) in [6, 6.07) is 8.31. The maximum absolute atomic E-state index is 13.0. The number of benzene rings is 1. The van der Waals surface area contributed by atoms with Crippen LogP contribution in [0.1, 0.15) is 25.7 Å². The Hall–Kier alpha value is -2.29. The maximum atomic E-state index is 13.0. The Bertz CT molecular complexity index is 714. The minimum absolute atomic E-state index is 0.0224. The number of rotatable bonds is 6. The normalized spacial score (nSPS) is 19.0. The summed E-state index contributed by atoms with van der Waals surface area (Å²) >= 11 is 0. The predicted octanol–water partition coefficient (Wildman–Crippen LogP) is 3.47. The first kappa shape index (κ1) is 21.4. The van der Waals surface area contributed by atoms with Crippen molar-refractivity contribution in [3.63, 3.8) is 0 Å². The molecule has 2 amide bonds. The number of amides is 2. The smallest absolute Gasteiger partial charge is 0.410 e. The molecule has 1 aliphatic carbocycles. The molecule has 1 aromatic carbocycles. The van der Waals surface area contributed by atoms with Crippen LogP contribution in [0.15, 0.2) is 30.3 Å². The number of halogens is 3. The highest BCUT2D eigenvalue weighted by Gasteiger charge is 2.50. The summed E-state index contributed by atoms with van der Waals surface area (Å²) in [6.07, 6.45) is -3.36. The van der Waals surface area contributed by atoms with Gasteiger partial charge in [0.1, 0.15) is 5.75 Å². The molecule has 2 aliphatic rings. The summed E-state index contributed by atoms with van der Waals surface area (Å²) in [5.74, 6) is -1.36. The van der Waals surface area contributed by atoms with Crippen LogP contribution in [0.25, 0.3) is 0 Å². The van der Waals surface area contributed by atoms with Gasteiger partial charge >= 0.3 is 18.2 Å². The molecule has 0 atom stereocenters. The lowest BCUT2D eigenvalue weighted by Gasteiger charge is -2.43. The van der Waals surface area contributed by atoms with E-state index in [1.54, 1.807) is 24.3 Å². The van der Waals surface area contributed by atoms with Crippen molar-refractivity contribution in [3.05, 3.63) is 30.3 Å². The van der Waals surface area contributed by atoms with Crippen LogP contribution in [0.4, 0.5) is 18.0 Å². The first-order valence-corrected chi connectivity index (χ1v) is 9.63. The van der Waals surface area contributed by atoms with Gasteiger partial charge in [-0.2, -0.15) is 13.2 Å². The van der Waals surface area contributed by atoms with Gasteiger partial charge in [0.2, 0.25) is 0 Å². The Labute approximate surface area is 167 Å². The molecular formula is C20H25F3N2O4. The fraction of sp³-hybridized carbons (Fsp3) is 0.600. The van der Waals surface area contributed by atoms with Crippen molar-refractivity contribution in [2.24, 2.45) is 5.41 Å². The Balaban J connectivity index is 1.64. The van der Waals surface area contributed by atoms with Gasteiger partial charge in [0.15, 0.2) is 0 Å². The molecular weight excluding hydrogens is 389 g/mol. The van der Waals surface area contributed by atoms with Crippen molar-refractivity contribution >= 4 is 12.0 Å². The highest BCUT2D eigenvalue weighted by Crippen LogP contribution is 2.39. The zero-order valence-electron chi connectivity index (χ0n) is 16.3. The summed E-state index contributed by atoms with van der Waals surface area (Å²) in [7, 11) is 1.49. The van der Waals surface area contributed by atoms with Gasteiger partial charge in [-0.3, -0.25) is 4.79 Å². The number of alkyl halides is 3. The molecule has 160 valence electrons. The zero-order chi connectivity index (χ0) is 21.1. The van der Waals surface area contributed by atoms with Gasteiger partial charge in [-0.15, -0.1) is 0 Å². The van der Waals surface area contributed by atoms with E-state index in [1.165, 1.54) is 12.0 Å². The topological polar surface area (TPSA) is 59.1 Å². The number of likely N-dealkylation sites (tertiary alicyclic amines) is 1. The first-order valence-electron chi connectivity index (χ1n) is 9.63. The maximum Gasteiger partial charge on any atom is 0.471 e. The molecule has 1 saturated carbocycles. The summed E-state index contributed by atoms with van der Waals surface area (Å²) in [5.41, 5.74) is -0.623. The second kappa shape index (κ2) is 8.61. The number of nitrogens with zero attached hydrogens (tertiary/aromatic N) is 2. The molecule has 0 unspecified atom stereocenters. The van der Waals surface area contributed by atoms with Crippen molar-refractivity contribution < 1.29 is 32.2 Å². The molecule has 6 nitrogen and oxygen atoms in total. The van der Waals surface area contributed by atoms with Gasteiger partial charge in [-0.1, -0.05) is 18.2 Å². The van der Waals surface area contributed by atoms with E-state index in [4.69, 9.17) is 9.47 Å². The fourth-order valence-corrected chi connectivity index (χ4v) is 3.75. The molecule has 1 saturated heterocycles. The fourth-order valence-electron chi connectivity index (χ4n) is 3.75. The molecule has 0 spiro atoms. The number of ether oxygens (including phenoxy) is 2. The van der Waals surface area contributed by atoms with E-state index >= 15 is 0 Å². The molecule has 0 N–H and O–H groups in total. The molecule has 1 aromatic rings. The van der Waals surface area contributed by atoms with Gasteiger partial charge < -0.3 is 19.3 Å². The second-order valence-electron chi connectivity index (χ2n) is 7.76. The monoisotopic (exact) mass is 414 g/mol. The number of para-hydroxylation sites is 1. The van der Waals surface area contributed by atoms with Crippen LogP contribution in [0.5, 0.6) is 5.75 Å². The molecule has 2 fully saturated rings. The Morgan fingerprint density at radius 3 is 2.31 bits per heavy atom. The molecule has 9 heteroatoms. The van der Waals surface area contributed by atoms with Crippen molar-refractivity contribution in [2.45, 2.75) is 37.9 Å². The minimum atomic E-state index is -4.89. The summed E-state index contributed by atoms with van der Waals surface area (Å²) in [6.45, 7) is 0.857. The van der Waals surface area contributed by atoms with Crippen molar-refractivity contribution in [1.82, 2.24) is 9.80 Å². The van der Waals surface area contributed by atoms with Crippen LogP contribution >= 0.6 is 0 Å². The number of carbonyl (C=O) groups is 2. The van der Waals surface area contributed by atoms with Crippen LogP contribution in [0.3, 0.4) is 0 Å². The molecule has 1 aliphatic heterocycles. The Kier molecular flexibility index (Phi) is 6.36. The van der Waals surface area contributed by atoms with Crippen LogP contribution < -0.4 is 4.74 Å². The van der Waals surface area contributed by atoms with E-state index in [2.05, 4.69) is 0 Å². The quantitative estimate of drug-likeness (QED) is 0.715. The first-order chi connectivity index (χ1) is 13.7. The molecule has 29 heavy (non-hydrogen) atoms. The molecule has 1 heterocycles. The van der Waals surface area contributed by atoms with Crippen molar-refractivity contribution in [3.8, 4) is 5.75 Å². The average Bonchev–Trinajstić information content (AvgIpc) is 3.52. The third-order valence-electron chi connectivity index (χ3n) is 5.48. The number of piperidine rings is 1. The number of methoxy groups -OCH3 is 1. The Morgan fingerprint density at radius 2 is 1.79 bits per heavy atom. The summed E-state index contributed by atoms with van der Waals surface area (Å²) in [4.78, 5) is 26.8. The van der Waals surface area contributed by atoms with Crippen LogP contribution in [-0.4, -0.2) is 67.4 Å². The second-order valence-corrected chi connectivity index (χ2v) is 7.76. The lowest BCUT2D eigenvalue weighted by atomic mass is 9.78. The van der Waals surface area contributed by atoms with Crippen molar-refractivity contribution in [2.75, 3.05) is 33.4 Å². The minimum Gasteiger partial charge on any atom is -0.410 e. The highest BCUT2D eigenvalue weighted by molar-refractivity contribution is 5.82. The predicted molar refractivity (Wildman–Crippen MR) is 98.4 cm³/mol. The van der Waals surface area contributed by atoms with Gasteiger partial charge in [0.05, 0.1) is 6.61 Å². The van der Waals surface area contributed by atoms with E-state index < -0.39 is 23.6 Å². The zero-order valence-corrected chi connectivity index (χ0v) is 16.3. The van der Waals surface area contributed by atoms with E-state index in [9.17, 15) is 22.8 Å².